The van der Waals surface area contributed by atoms with Crippen LogP contribution in [0.25, 0.3) is 0 Å². The van der Waals surface area contributed by atoms with E-state index in [0.29, 0.717) is 0 Å². The van der Waals surface area contributed by atoms with Crippen molar-refractivity contribution in [1.29, 1.82) is 0 Å². The number of ether oxygens (including phenoxy) is 1. The molecule has 0 rings (SSSR count). The SMILES string of the molecule is CC.CCCN(C)CCOCCNCC. The molecule has 0 radical (unpaired) electrons. The molecule has 94 valence electrons. The van der Waals surface area contributed by atoms with Crippen molar-refractivity contribution in [1.82, 2.24) is 10.2 Å². The number of nitrogens with one attached hydrogen (secondary N) is 1. The lowest BCUT2D eigenvalue weighted by atomic mass is 10.4. The van der Waals surface area contributed by atoms with Crippen molar-refractivity contribution >= 4 is 0 Å². The van der Waals surface area contributed by atoms with Crippen molar-refractivity contribution in [3.63, 3.8) is 0 Å². The molecule has 1 N–H and O–H groups in total. The monoisotopic (exact) mass is 218 g/mol. The molecule has 0 spiro atoms. The predicted octanol–water partition coefficient (Wildman–Crippen LogP) is 1.98. The van der Waals surface area contributed by atoms with Crippen molar-refractivity contribution in [3.05, 3.63) is 0 Å². The van der Waals surface area contributed by atoms with Crippen molar-refractivity contribution in [2.75, 3.05) is 46.4 Å². The Bertz CT molecular complexity index is 99.6. The molecule has 0 aliphatic carbocycles. The molecule has 0 aliphatic rings. The van der Waals surface area contributed by atoms with Gasteiger partial charge in [-0.05, 0) is 26.6 Å². The predicted molar refractivity (Wildman–Crippen MR) is 68.5 cm³/mol. The van der Waals surface area contributed by atoms with Crippen LogP contribution in [0.4, 0.5) is 0 Å². The lowest BCUT2D eigenvalue weighted by molar-refractivity contribution is 0.113. The summed E-state index contributed by atoms with van der Waals surface area (Å²) in [6.07, 6.45) is 1.22. The lowest BCUT2D eigenvalue weighted by Gasteiger charge is -2.15. The third-order valence-corrected chi connectivity index (χ3v) is 1.90. The van der Waals surface area contributed by atoms with E-state index in [0.717, 1.165) is 39.4 Å². The summed E-state index contributed by atoms with van der Waals surface area (Å²) in [6, 6.07) is 0. The molecule has 0 saturated carbocycles. The normalized spacial score (nSPS) is 10.0. The van der Waals surface area contributed by atoms with Crippen molar-refractivity contribution < 1.29 is 4.74 Å². The van der Waals surface area contributed by atoms with Crippen LogP contribution in [0, 0.1) is 0 Å². The molecular formula is C12H30N2O. The highest BCUT2D eigenvalue weighted by molar-refractivity contribution is 4.48. The van der Waals surface area contributed by atoms with Crippen molar-refractivity contribution in [3.8, 4) is 0 Å². The Kier molecular flexibility index (Phi) is 18.8. The maximum Gasteiger partial charge on any atom is 0.0593 e. The Morgan fingerprint density at radius 3 is 2.27 bits per heavy atom. The van der Waals surface area contributed by atoms with Crippen LogP contribution in [0.2, 0.25) is 0 Å². The highest BCUT2D eigenvalue weighted by atomic mass is 16.5. The third-order valence-electron chi connectivity index (χ3n) is 1.90. The van der Waals surface area contributed by atoms with Gasteiger partial charge < -0.3 is 15.0 Å². The van der Waals surface area contributed by atoms with Crippen LogP contribution in [0.5, 0.6) is 0 Å². The van der Waals surface area contributed by atoms with E-state index in [1.165, 1.54) is 6.42 Å². The first-order valence-electron chi connectivity index (χ1n) is 6.28. The van der Waals surface area contributed by atoms with E-state index in [1.54, 1.807) is 0 Å². The van der Waals surface area contributed by atoms with Crippen molar-refractivity contribution in [2.24, 2.45) is 0 Å². The zero-order valence-corrected chi connectivity index (χ0v) is 11.3. The van der Waals surface area contributed by atoms with Gasteiger partial charge in [-0.1, -0.05) is 27.7 Å². The second kappa shape index (κ2) is 16.3. The maximum atomic E-state index is 5.45. The summed E-state index contributed by atoms with van der Waals surface area (Å²) in [7, 11) is 2.14. The molecule has 0 aromatic rings. The van der Waals surface area contributed by atoms with Gasteiger partial charge in [-0.15, -0.1) is 0 Å². The Morgan fingerprint density at radius 1 is 1.07 bits per heavy atom. The van der Waals surface area contributed by atoms with Gasteiger partial charge >= 0.3 is 0 Å². The number of hydrogen-bond donors (Lipinski definition) is 1. The summed E-state index contributed by atoms with van der Waals surface area (Å²) in [5, 5.41) is 3.22. The van der Waals surface area contributed by atoms with E-state index >= 15 is 0 Å². The maximum absolute atomic E-state index is 5.45. The molecule has 3 heteroatoms. The average Bonchev–Trinajstić information content (AvgIpc) is 2.26. The highest BCUT2D eigenvalue weighted by Crippen LogP contribution is 1.85. The van der Waals surface area contributed by atoms with Gasteiger partial charge in [0, 0.05) is 13.1 Å². The first kappa shape index (κ1) is 17.3. The molecule has 0 unspecified atom stereocenters. The van der Waals surface area contributed by atoms with Crippen molar-refractivity contribution in [2.45, 2.75) is 34.1 Å². The Labute approximate surface area is 96.2 Å². The molecule has 0 saturated heterocycles. The largest absolute Gasteiger partial charge is 0.379 e. The molecule has 0 aromatic heterocycles. The van der Waals surface area contributed by atoms with E-state index in [2.05, 4.69) is 31.1 Å². The second-order valence-corrected chi connectivity index (χ2v) is 3.27. The molecular weight excluding hydrogens is 188 g/mol. The van der Waals surface area contributed by atoms with Gasteiger partial charge in [-0.25, -0.2) is 0 Å². The zero-order chi connectivity index (χ0) is 11.9. The van der Waals surface area contributed by atoms with Gasteiger partial charge in [0.15, 0.2) is 0 Å². The summed E-state index contributed by atoms with van der Waals surface area (Å²) in [6.45, 7) is 14.2. The Hall–Kier alpha value is -0.120. The first-order valence-corrected chi connectivity index (χ1v) is 6.28. The lowest BCUT2D eigenvalue weighted by Crippen LogP contribution is -2.26. The minimum atomic E-state index is 0.827. The Morgan fingerprint density at radius 2 is 1.73 bits per heavy atom. The van der Waals surface area contributed by atoms with Crippen LogP contribution in [0.1, 0.15) is 34.1 Å². The van der Waals surface area contributed by atoms with E-state index in [1.807, 2.05) is 13.8 Å². The molecule has 0 heterocycles. The summed E-state index contributed by atoms with van der Waals surface area (Å²) < 4.78 is 5.45. The first-order chi connectivity index (χ1) is 7.31. The summed E-state index contributed by atoms with van der Waals surface area (Å²) >= 11 is 0. The van der Waals surface area contributed by atoms with Crippen LogP contribution >= 0.6 is 0 Å². The number of rotatable bonds is 9. The topological polar surface area (TPSA) is 24.5 Å². The average molecular weight is 218 g/mol. The van der Waals surface area contributed by atoms with Crippen LogP contribution < -0.4 is 5.32 Å². The van der Waals surface area contributed by atoms with Gasteiger partial charge in [0.1, 0.15) is 0 Å². The fourth-order valence-electron chi connectivity index (χ4n) is 1.14. The fourth-order valence-corrected chi connectivity index (χ4v) is 1.14. The summed E-state index contributed by atoms with van der Waals surface area (Å²) in [5.41, 5.74) is 0. The fraction of sp³-hybridized carbons (Fsp3) is 1.00. The quantitative estimate of drug-likeness (QED) is 0.599. The second-order valence-electron chi connectivity index (χ2n) is 3.27. The van der Waals surface area contributed by atoms with Crippen LogP contribution in [0.3, 0.4) is 0 Å². The van der Waals surface area contributed by atoms with Gasteiger partial charge in [0.05, 0.1) is 13.2 Å². The van der Waals surface area contributed by atoms with E-state index in [-0.39, 0.29) is 0 Å². The summed E-state index contributed by atoms with van der Waals surface area (Å²) in [5.74, 6) is 0. The van der Waals surface area contributed by atoms with E-state index in [9.17, 15) is 0 Å². The number of hydrogen-bond acceptors (Lipinski definition) is 3. The summed E-state index contributed by atoms with van der Waals surface area (Å²) in [4.78, 5) is 2.30. The Balaban J connectivity index is 0. The van der Waals surface area contributed by atoms with E-state index in [4.69, 9.17) is 4.74 Å². The van der Waals surface area contributed by atoms with E-state index < -0.39 is 0 Å². The zero-order valence-electron chi connectivity index (χ0n) is 11.3. The molecule has 15 heavy (non-hydrogen) atoms. The molecule has 3 nitrogen and oxygen atoms in total. The third kappa shape index (κ3) is 16.5. The minimum Gasteiger partial charge on any atom is -0.379 e. The smallest absolute Gasteiger partial charge is 0.0593 e. The van der Waals surface area contributed by atoms with Crippen LogP contribution in [-0.2, 0) is 4.74 Å². The highest BCUT2D eigenvalue weighted by Gasteiger charge is 1.95. The van der Waals surface area contributed by atoms with Crippen LogP contribution in [-0.4, -0.2) is 51.3 Å². The number of nitrogens with zero attached hydrogens (tertiary/aromatic N) is 1. The van der Waals surface area contributed by atoms with Crippen LogP contribution in [0.15, 0.2) is 0 Å². The molecule has 0 bridgehead atoms. The number of likely N-dealkylation sites (N-methyl/N-ethyl adjacent to an activating group) is 2. The van der Waals surface area contributed by atoms with Gasteiger partial charge in [-0.2, -0.15) is 0 Å². The standard InChI is InChI=1S/C10H24N2O.C2H6/c1-4-7-12(3)8-10-13-9-6-11-5-2;1-2/h11H,4-10H2,1-3H3;1-2H3. The van der Waals surface area contributed by atoms with Gasteiger partial charge in [0.25, 0.3) is 0 Å². The molecule has 0 aliphatic heterocycles. The minimum absolute atomic E-state index is 0.827. The molecule has 0 amide bonds. The molecule has 0 fully saturated rings. The van der Waals surface area contributed by atoms with Gasteiger partial charge in [0.2, 0.25) is 0 Å². The van der Waals surface area contributed by atoms with Gasteiger partial charge in [-0.3, -0.25) is 0 Å². The molecule has 0 aromatic carbocycles. The molecule has 0 atom stereocenters.